The number of likely N-dealkylation sites (tertiary alicyclic amines) is 1. The number of hydrogen-bond donors (Lipinski definition) is 1. The molecule has 1 aromatic heterocycles. The lowest BCUT2D eigenvalue weighted by atomic mass is 9.98. The highest BCUT2D eigenvalue weighted by Crippen LogP contribution is 2.30. The van der Waals surface area contributed by atoms with Gasteiger partial charge in [-0.15, -0.1) is 0 Å². The molecule has 0 saturated carbocycles. The fourth-order valence-corrected chi connectivity index (χ4v) is 4.24. The van der Waals surface area contributed by atoms with Crippen LogP contribution in [0, 0.1) is 5.92 Å². The van der Waals surface area contributed by atoms with Crippen LogP contribution in [-0.2, 0) is 13.1 Å². The van der Waals surface area contributed by atoms with Crippen LogP contribution in [0.3, 0.4) is 0 Å². The highest BCUT2D eigenvalue weighted by Gasteiger charge is 2.19. The maximum Gasteiger partial charge on any atom is 0.0491 e. The Bertz CT molecular complexity index is 852. The van der Waals surface area contributed by atoms with Crippen LogP contribution in [0.4, 0.5) is 0 Å². The van der Waals surface area contributed by atoms with Crippen molar-refractivity contribution >= 4 is 21.8 Å². The van der Waals surface area contributed by atoms with E-state index in [0.717, 1.165) is 32.6 Å². The first-order valence-electron chi connectivity index (χ1n) is 9.13. The molecule has 126 valence electrons. The minimum Gasteiger partial charge on any atom is -0.396 e. The summed E-state index contributed by atoms with van der Waals surface area (Å²) < 4.78 is 2.40. The van der Waals surface area contributed by atoms with Gasteiger partial charge < -0.3 is 9.67 Å². The van der Waals surface area contributed by atoms with Crippen molar-refractivity contribution in [3.8, 4) is 0 Å². The Hall–Kier alpha value is -1.84. The van der Waals surface area contributed by atoms with Crippen molar-refractivity contribution < 1.29 is 5.11 Å². The maximum atomic E-state index is 9.44. The van der Waals surface area contributed by atoms with Crippen molar-refractivity contribution in [2.45, 2.75) is 32.9 Å². The molecule has 1 aliphatic rings. The van der Waals surface area contributed by atoms with Crippen LogP contribution in [0.5, 0.6) is 0 Å². The van der Waals surface area contributed by atoms with Crippen LogP contribution in [0.25, 0.3) is 21.8 Å². The van der Waals surface area contributed by atoms with Gasteiger partial charge in [-0.1, -0.05) is 24.3 Å². The number of aryl methyl sites for hydroxylation is 1. The van der Waals surface area contributed by atoms with E-state index in [1.807, 2.05) is 0 Å². The van der Waals surface area contributed by atoms with Crippen LogP contribution < -0.4 is 0 Å². The monoisotopic (exact) mass is 322 g/mol. The quantitative estimate of drug-likeness (QED) is 0.786. The van der Waals surface area contributed by atoms with Crippen LogP contribution in [0.2, 0.25) is 0 Å². The molecule has 0 aliphatic carbocycles. The van der Waals surface area contributed by atoms with Gasteiger partial charge in [0, 0.05) is 48.0 Å². The molecule has 1 N–H and O–H groups in total. The van der Waals surface area contributed by atoms with Gasteiger partial charge in [0.25, 0.3) is 0 Å². The second kappa shape index (κ2) is 6.58. The standard InChI is InChI=1S/C21H26N2O/c1-2-23-20-8-4-3-7-18(20)19-12-16(9-10-21(19)23)13-22-11-5-6-17(14-22)15-24/h3-4,7-10,12,17,24H,2,5-6,11,13-15H2,1H3. The van der Waals surface area contributed by atoms with Crippen LogP contribution >= 0.6 is 0 Å². The van der Waals surface area contributed by atoms with E-state index in [-0.39, 0.29) is 0 Å². The number of aromatic nitrogens is 1. The van der Waals surface area contributed by atoms with Gasteiger partial charge in [0.1, 0.15) is 0 Å². The average molecular weight is 322 g/mol. The smallest absolute Gasteiger partial charge is 0.0491 e. The Morgan fingerprint density at radius 1 is 1.08 bits per heavy atom. The Labute approximate surface area is 143 Å². The second-order valence-electron chi connectivity index (χ2n) is 7.04. The molecule has 2 aromatic carbocycles. The molecular formula is C21H26N2O. The molecule has 1 unspecified atom stereocenters. The first-order valence-corrected chi connectivity index (χ1v) is 9.13. The molecule has 1 saturated heterocycles. The number of aliphatic hydroxyl groups is 1. The van der Waals surface area contributed by atoms with Crippen LogP contribution in [-0.4, -0.2) is 34.3 Å². The number of para-hydroxylation sites is 1. The van der Waals surface area contributed by atoms with Gasteiger partial charge in [0.2, 0.25) is 0 Å². The number of benzene rings is 2. The zero-order valence-electron chi connectivity index (χ0n) is 14.4. The van der Waals surface area contributed by atoms with E-state index >= 15 is 0 Å². The number of rotatable bonds is 4. The molecule has 1 fully saturated rings. The predicted molar refractivity (Wildman–Crippen MR) is 100 cm³/mol. The fraction of sp³-hybridized carbons (Fsp3) is 0.429. The fourth-order valence-electron chi connectivity index (χ4n) is 4.24. The lowest BCUT2D eigenvalue weighted by Crippen LogP contribution is -2.36. The molecule has 3 heteroatoms. The van der Waals surface area contributed by atoms with E-state index < -0.39 is 0 Å². The minimum absolute atomic E-state index is 0.319. The summed E-state index contributed by atoms with van der Waals surface area (Å²) in [6.45, 7) is 6.67. The van der Waals surface area contributed by atoms with Gasteiger partial charge in [-0.3, -0.25) is 4.90 Å². The van der Waals surface area contributed by atoms with Crippen molar-refractivity contribution in [1.29, 1.82) is 0 Å². The summed E-state index contributed by atoms with van der Waals surface area (Å²) in [5.74, 6) is 0.449. The van der Waals surface area contributed by atoms with Crippen molar-refractivity contribution in [2.24, 2.45) is 5.92 Å². The summed E-state index contributed by atoms with van der Waals surface area (Å²) in [6.07, 6.45) is 2.36. The number of piperidine rings is 1. The molecule has 0 spiro atoms. The summed E-state index contributed by atoms with van der Waals surface area (Å²) in [5, 5.41) is 12.1. The Morgan fingerprint density at radius 2 is 1.92 bits per heavy atom. The third-order valence-electron chi connectivity index (χ3n) is 5.42. The first kappa shape index (κ1) is 15.7. The van der Waals surface area contributed by atoms with Gasteiger partial charge in [0.15, 0.2) is 0 Å². The molecular weight excluding hydrogens is 296 g/mol. The zero-order valence-corrected chi connectivity index (χ0v) is 14.4. The predicted octanol–water partition coefficient (Wildman–Crippen LogP) is 4.02. The third-order valence-corrected chi connectivity index (χ3v) is 5.42. The van der Waals surface area contributed by atoms with Crippen LogP contribution in [0.1, 0.15) is 25.3 Å². The molecule has 2 heterocycles. The number of hydrogen-bond acceptors (Lipinski definition) is 2. The molecule has 3 aromatic rings. The highest BCUT2D eigenvalue weighted by atomic mass is 16.3. The van der Waals surface area contributed by atoms with E-state index in [0.29, 0.717) is 12.5 Å². The van der Waals surface area contributed by atoms with Crippen molar-refractivity contribution in [1.82, 2.24) is 9.47 Å². The summed E-state index contributed by atoms with van der Waals surface area (Å²) in [6, 6.07) is 15.6. The van der Waals surface area contributed by atoms with Gasteiger partial charge in [-0.2, -0.15) is 0 Å². The highest BCUT2D eigenvalue weighted by molar-refractivity contribution is 6.08. The molecule has 1 atom stereocenters. The van der Waals surface area contributed by atoms with Gasteiger partial charge in [-0.05, 0) is 56.0 Å². The Morgan fingerprint density at radius 3 is 2.75 bits per heavy atom. The first-order chi connectivity index (χ1) is 11.8. The number of fused-ring (bicyclic) bond motifs is 3. The van der Waals surface area contributed by atoms with E-state index in [2.05, 4.69) is 58.9 Å². The number of nitrogens with zero attached hydrogens (tertiary/aromatic N) is 2. The molecule has 4 rings (SSSR count). The van der Waals surface area contributed by atoms with E-state index in [4.69, 9.17) is 0 Å². The van der Waals surface area contributed by atoms with E-state index in [1.165, 1.54) is 33.8 Å². The topological polar surface area (TPSA) is 28.4 Å². The molecule has 1 aliphatic heterocycles. The van der Waals surface area contributed by atoms with E-state index in [1.54, 1.807) is 0 Å². The lowest BCUT2D eigenvalue weighted by molar-refractivity contribution is 0.116. The molecule has 0 radical (unpaired) electrons. The largest absolute Gasteiger partial charge is 0.396 e. The number of aliphatic hydroxyl groups excluding tert-OH is 1. The SMILES string of the molecule is CCn1c2ccccc2c2cc(CN3CCCC(CO)C3)ccc21. The molecule has 0 bridgehead atoms. The van der Waals surface area contributed by atoms with E-state index in [9.17, 15) is 5.11 Å². The van der Waals surface area contributed by atoms with Gasteiger partial charge >= 0.3 is 0 Å². The van der Waals surface area contributed by atoms with Crippen molar-refractivity contribution in [3.05, 3.63) is 48.0 Å². The lowest BCUT2D eigenvalue weighted by Gasteiger charge is -2.31. The van der Waals surface area contributed by atoms with Gasteiger partial charge in [-0.25, -0.2) is 0 Å². The summed E-state index contributed by atoms with van der Waals surface area (Å²) in [5.41, 5.74) is 4.03. The Balaban J connectivity index is 1.69. The molecule has 0 amide bonds. The van der Waals surface area contributed by atoms with Crippen molar-refractivity contribution in [2.75, 3.05) is 19.7 Å². The Kier molecular flexibility index (Phi) is 4.30. The summed E-state index contributed by atoms with van der Waals surface area (Å²) >= 11 is 0. The van der Waals surface area contributed by atoms with Gasteiger partial charge in [0.05, 0.1) is 0 Å². The minimum atomic E-state index is 0.319. The third kappa shape index (κ3) is 2.72. The van der Waals surface area contributed by atoms with Crippen LogP contribution in [0.15, 0.2) is 42.5 Å². The maximum absolute atomic E-state index is 9.44. The average Bonchev–Trinajstić information content (AvgIpc) is 2.95. The molecule has 24 heavy (non-hydrogen) atoms. The normalized spacial score (nSPS) is 19.3. The second-order valence-corrected chi connectivity index (χ2v) is 7.04. The van der Waals surface area contributed by atoms with Crippen molar-refractivity contribution in [3.63, 3.8) is 0 Å². The zero-order chi connectivity index (χ0) is 16.5. The summed E-state index contributed by atoms with van der Waals surface area (Å²) in [7, 11) is 0. The summed E-state index contributed by atoms with van der Waals surface area (Å²) in [4.78, 5) is 2.49. The molecule has 3 nitrogen and oxygen atoms in total.